The number of ether oxygens (including phenoxy) is 2. The van der Waals surface area contributed by atoms with Crippen LogP contribution in [0, 0.1) is 20.2 Å². The molecule has 3 rings (SSSR count). The maximum absolute atomic E-state index is 12.3. The van der Waals surface area contributed by atoms with Crippen molar-refractivity contribution in [3.05, 3.63) is 104 Å². The molecular formula is C22H16N4O8. The number of nitrogens with one attached hydrogen (secondary N) is 1. The van der Waals surface area contributed by atoms with Crippen molar-refractivity contribution in [2.75, 3.05) is 7.11 Å². The number of amides is 1. The van der Waals surface area contributed by atoms with Crippen LogP contribution in [0.2, 0.25) is 0 Å². The zero-order chi connectivity index (χ0) is 24.7. The van der Waals surface area contributed by atoms with Gasteiger partial charge in [0.1, 0.15) is 5.56 Å². The van der Waals surface area contributed by atoms with Gasteiger partial charge in [-0.3, -0.25) is 25.0 Å². The standard InChI is InChI=1S/C22H16N4O8/c1-33-20-12-14(13-23-24-21(27)17-4-2-3-5-18(17)26(31)32)6-11-19(20)34-22(28)15-7-9-16(10-8-15)25(29)30/h2-13H,1H3,(H,24,27). The largest absolute Gasteiger partial charge is 0.493 e. The Bertz CT molecular complexity index is 1290. The van der Waals surface area contributed by atoms with Crippen LogP contribution in [0.5, 0.6) is 11.5 Å². The molecule has 34 heavy (non-hydrogen) atoms. The van der Waals surface area contributed by atoms with Crippen molar-refractivity contribution in [1.29, 1.82) is 0 Å². The fourth-order valence-corrected chi connectivity index (χ4v) is 2.78. The summed E-state index contributed by atoms with van der Waals surface area (Å²) in [5, 5.41) is 25.6. The first-order chi connectivity index (χ1) is 16.3. The van der Waals surface area contributed by atoms with E-state index in [0.29, 0.717) is 5.56 Å². The highest BCUT2D eigenvalue weighted by Crippen LogP contribution is 2.28. The van der Waals surface area contributed by atoms with Gasteiger partial charge < -0.3 is 9.47 Å². The van der Waals surface area contributed by atoms with Gasteiger partial charge in [-0.05, 0) is 42.0 Å². The minimum Gasteiger partial charge on any atom is -0.493 e. The van der Waals surface area contributed by atoms with E-state index < -0.39 is 21.7 Å². The van der Waals surface area contributed by atoms with Crippen LogP contribution in [0.25, 0.3) is 0 Å². The fourth-order valence-electron chi connectivity index (χ4n) is 2.78. The molecule has 0 fully saturated rings. The Morgan fingerprint density at radius 3 is 2.29 bits per heavy atom. The average Bonchev–Trinajstić information content (AvgIpc) is 2.84. The molecule has 3 aromatic carbocycles. The van der Waals surface area contributed by atoms with Crippen molar-refractivity contribution in [2.24, 2.45) is 5.10 Å². The summed E-state index contributed by atoms with van der Waals surface area (Å²) in [6, 6.07) is 14.8. The molecule has 1 amide bonds. The summed E-state index contributed by atoms with van der Waals surface area (Å²) in [4.78, 5) is 45.1. The normalized spacial score (nSPS) is 10.5. The lowest BCUT2D eigenvalue weighted by Gasteiger charge is -2.10. The number of non-ortho nitro benzene ring substituents is 1. The highest BCUT2D eigenvalue weighted by Gasteiger charge is 2.19. The molecular weight excluding hydrogens is 448 g/mol. The first kappa shape index (κ1) is 23.5. The second-order valence-corrected chi connectivity index (χ2v) is 6.58. The van der Waals surface area contributed by atoms with Crippen LogP contribution in [0.1, 0.15) is 26.3 Å². The predicted molar refractivity (Wildman–Crippen MR) is 119 cm³/mol. The fraction of sp³-hybridized carbons (Fsp3) is 0.0455. The number of carbonyl (C=O) groups excluding carboxylic acids is 2. The van der Waals surface area contributed by atoms with Crippen LogP contribution in [0.4, 0.5) is 11.4 Å². The van der Waals surface area contributed by atoms with Crippen molar-refractivity contribution in [3.8, 4) is 11.5 Å². The molecule has 0 heterocycles. The smallest absolute Gasteiger partial charge is 0.343 e. The van der Waals surface area contributed by atoms with Gasteiger partial charge in [-0.25, -0.2) is 10.2 Å². The maximum atomic E-state index is 12.3. The molecule has 0 unspecified atom stereocenters. The van der Waals surface area contributed by atoms with Gasteiger partial charge in [-0.1, -0.05) is 12.1 Å². The van der Waals surface area contributed by atoms with E-state index in [4.69, 9.17) is 9.47 Å². The Labute approximate surface area is 191 Å². The van der Waals surface area contributed by atoms with Crippen LogP contribution in [-0.2, 0) is 0 Å². The van der Waals surface area contributed by atoms with E-state index in [-0.39, 0.29) is 34.0 Å². The van der Waals surface area contributed by atoms with E-state index in [1.807, 2.05) is 0 Å². The number of benzene rings is 3. The molecule has 1 N–H and O–H groups in total. The maximum Gasteiger partial charge on any atom is 0.343 e. The minimum atomic E-state index is -0.760. The van der Waals surface area contributed by atoms with Gasteiger partial charge >= 0.3 is 5.97 Å². The van der Waals surface area contributed by atoms with Crippen LogP contribution >= 0.6 is 0 Å². The van der Waals surface area contributed by atoms with Crippen molar-refractivity contribution in [2.45, 2.75) is 0 Å². The molecule has 0 aliphatic carbocycles. The zero-order valence-electron chi connectivity index (χ0n) is 17.5. The van der Waals surface area contributed by atoms with Crippen molar-refractivity contribution >= 4 is 29.5 Å². The summed E-state index contributed by atoms with van der Waals surface area (Å²) in [5.74, 6) is -1.23. The van der Waals surface area contributed by atoms with Crippen molar-refractivity contribution in [3.63, 3.8) is 0 Å². The number of hydrazone groups is 1. The van der Waals surface area contributed by atoms with E-state index >= 15 is 0 Å². The number of hydrogen-bond donors (Lipinski definition) is 1. The molecule has 0 radical (unpaired) electrons. The number of nitro benzene ring substituents is 2. The molecule has 0 saturated carbocycles. The van der Waals surface area contributed by atoms with E-state index in [1.165, 1.54) is 80.1 Å². The third-order valence-corrected chi connectivity index (χ3v) is 4.43. The Kier molecular flexibility index (Phi) is 7.24. The summed E-state index contributed by atoms with van der Waals surface area (Å²) in [6.45, 7) is 0. The highest BCUT2D eigenvalue weighted by atomic mass is 16.6. The minimum absolute atomic E-state index is 0.0898. The third kappa shape index (κ3) is 5.56. The van der Waals surface area contributed by atoms with Gasteiger partial charge in [0, 0.05) is 18.2 Å². The summed E-state index contributed by atoms with van der Waals surface area (Å²) in [6.07, 6.45) is 1.27. The molecule has 0 atom stereocenters. The Balaban J connectivity index is 1.69. The lowest BCUT2D eigenvalue weighted by atomic mass is 10.2. The average molecular weight is 464 g/mol. The number of para-hydroxylation sites is 1. The summed E-state index contributed by atoms with van der Waals surface area (Å²) in [7, 11) is 1.36. The number of methoxy groups -OCH3 is 1. The summed E-state index contributed by atoms with van der Waals surface area (Å²) in [5.41, 5.74) is 2.13. The van der Waals surface area contributed by atoms with Crippen LogP contribution in [0.3, 0.4) is 0 Å². The molecule has 0 aliphatic rings. The number of nitro groups is 2. The molecule has 0 bridgehead atoms. The zero-order valence-corrected chi connectivity index (χ0v) is 17.5. The topological polar surface area (TPSA) is 163 Å². The molecule has 172 valence electrons. The van der Waals surface area contributed by atoms with Gasteiger partial charge in [0.2, 0.25) is 0 Å². The highest BCUT2D eigenvalue weighted by molar-refractivity contribution is 5.98. The van der Waals surface area contributed by atoms with Crippen LogP contribution < -0.4 is 14.9 Å². The predicted octanol–water partition coefficient (Wildman–Crippen LogP) is 3.49. The van der Waals surface area contributed by atoms with Crippen molar-refractivity contribution < 1.29 is 28.9 Å². The molecule has 12 nitrogen and oxygen atoms in total. The Morgan fingerprint density at radius 1 is 0.941 bits per heavy atom. The van der Waals surface area contributed by atoms with Crippen LogP contribution in [-0.4, -0.2) is 35.0 Å². The van der Waals surface area contributed by atoms with Gasteiger partial charge in [0.25, 0.3) is 17.3 Å². The van der Waals surface area contributed by atoms with Crippen LogP contribution in [0.15, 0.2) is 71.8 Å². The van der Waals surface area contributed by atoms with Gasteiger partial charge in [0.15, 0.2) is 11.5 Å². The Hall–Kier alpha value is -5.13. The second-order valence-electron chi connectivity index (χ2n) is 6.58. The van der Waals surface area contributed by atoms with Gasteiger partial charge in [-0.2, -0.15) is 5.10 Å². The Morgan fingerprint density at radius 2 is 1.65 bits per heavy atom. The quantitative estimate of drug-likeness (QED) is 0.174. The summed E-state index contributed by atoms with van der Waals surface area (Å²) >= 11 is 0. The van der Waals surface area contributed by atoms with Gasteiger partial charge in [0.05, 0.1) is 28.7 Å². The van der Waals surface area contributed by atoms with E-state index in [1.54, 1.807) is 0 Å². The number of nitrogens with zero attached hydrogens (tertiary/aromatic N) is 3. The van der Waals surface area contributed by atoms with E-state index in [9.17, 15) is 29.8 Å². The first-order valence-corrected chi connectivity index (χ1v) is 9.51. The monoisotopic (exact) mass is 464 g/mol. The number of rotatable bonds is 8. The number of carbonyl (C=O) groups is 2. The molecule has 0 aromatic heterocycles. The second kappa shape index (κ2) is 10.5. The molecule has 0 saturated heterocycles. The third-order valence-electron chi connectivity index (χ3n) is 4.43. The van der Waals surface area contributed by atoms with E-state index in [2.05, 4.69) is 10.5 Å². The molecule has 0 aliphatic heterocycles. The lowest BCUT2D eigenvalue weighted by molar-refractivity contribution is -0.385. The summed E-state index contributed by atoms with van der Waals surface area (Å²) < 4.78 is 10.5. The van der Waals surface area contributed by atoms with E-state index in [0.717, 1.165) is 0 Å². The lowest BCUT2D eigenvalue weighted by Crippen LogP contribution is -2.18. The van der Waals surface area contributed by atoms with Crippen molar-refractivity contribution in [1.82, 2.24) is 5.43 Å². The molecule has 0 spiro atoms. The first-order valence-electron chi connectivity index (χ1n) is 9.51. The number of esters is 1. The van der Waals surface area contributed by atoms with Gasteiger partial charge in [-0.15, -0.1) is 0 Å². The molecule has 12 heteroatoms. The number of hydrogen-bond acceptors (Lipinski definition) is 9. The molecule has 3 aromatic rings. The SMILES string of the molecule is COc1cc(C=NNC(=O)c2ccccc2[N+](=O)[O-])ccc1OC(=O)c1ccc([N+](=O)[O-])cc1.